The summed E-state index contributed by atoms with van der Waals surface area (Å²) in [7, 11) is 0. The van der Waals surface area contributed by atoms with Gasteiger partial charge in [-0.05, 0) is 50.2 Å². The molecule has 122 valence electrons. The second kappa shape index (κ2) is 6.91. The van der Waals surface area contributed by atoms with Crippen molar-refractivity contribution in [3.05, 3.63) is 59.3 Å². The Hall–Kier alpha value is -1.92. The Morgan fingerprint density at radius 3 is 2.71 bits per heavy atom. The highest BCUT2D eigenvalue weighted by atomic mass is 79.9. The lowest BCUT2D eigenvalue weighted by Gasteiger charge is -2.23. The molecule has 0 bridgehead atoms. The van der Waals surface area contributed by atoms with E-state index in [2.05, 4.69) is 31.2 Å². The third-order valence-electron chi connectivity index (χ3n) is 3.48. The van der Waals surface area contributed by atoms with Gasteiger partial charge in [-0.25, -0.2) is 4.98 Å². The van der Waals surface area contributed by atoms with E-state index in [4.69, 9.17) is 0 Å². The number of anilines is 1. The summed E-state index contributed by atoms with van der Waals surface area (Å²) in [6.45, 7) is 3.81. The number of hydrogen-bond acceptors (Lipinski definition) is 4. The molecule has 3 rings (SSSR count). The van der Waals surface area contributed by atoms with Crippen LogP contribution in [0.2, 0.25) is 0 Å². The van der Waals surface area contributed by atoms with Gasteiger partial charge in [-0.1, -0.05) is 22.0 Å². The number of fused-ring (bicyclic) bond motifs is 1. The van der Waals surface area contributed by atoms with Crippen molar-refractivity contribution in [2.24, 2.45) is 0 Å². The number of benzene rings is 1. The number of nitrogens with one attached hydrogen (secondary N) is 1. The molecule has 3 aromatic rings. The van der Waals surface area contributed by atoms with Crippen molar-refractivity contribution >= 4 is 50.3 Å². The fraction of sp³-hybridized carbons (Fsp3) is 0.167. The van der Waals surface area contributed by atoms with Crippen LogP contribution >= 0.6 is 27.7 Å². The molecule has 0 aliphatic heterocycles. The quantitative estimate of drug-likeness (QED) is 0.631. The number of amides is 1. The number of carbonyl (C=O) groups is 1. The smallest absolute Gasteiger partial charge is 0.241 e. The van der Waals surface area contributed by atoms with Gasteiger partial charge in [0.25, 0.3) is 0 Å². The number of pyridine rings is 2. The van der Waals surface area contributed by atoms with Gasteiger partial charge in [0.2, 0.25) is 5.91 Å². The van der Waals surface area contributed by atoms with Crippen LogP contribution in [0.5, 0.6) is 0 Å². The van der Waals surface area contributed by atoms with Crippen molar-refractivity contribution in [2.75, 3.05) is 5.32 Å². The number of thioether (sulfide) groups is 1. The predicted octanol–water partition coefficient (Wildman–Crippen LogP) is 4.90. The Bertz CT molecular complexity index is 884. The topological polar surface area (TPSA) is 54.9 Å². The van der Waals surface area contributed by atoms with E-state index in [0.717, 1.165) is 20.3 Å². The van der Waals surface area contributed by atoms with Crippen LogP contribution in [-0.2, 0) is 4.79 Å². The van der Waals surface area contributed by atoms with Crippen LogP contribution in [0.1, 0.15) is 13.8 Å². The van der Waals surface area contributed by atoms with Crippen LogP contribution in [0.4, 0.5) is 5.82 Å². The lowest BCUT2D eigenvalue weighted by atomic mass is 10.2. The average molecular weight is 402 g/mol. The van der Waals surface area contributed by atoms with Gasteiger partial charge in [-0.2, -0.15) is 0 Å². The highest BCUT2D eigenvalue weighted by molar-refractivity contribution is 9.10. The van der Waals surface area contributed by atoms with Gasteiger partial charge in [0.05, 0.1) is 10.3 Å². The summed E-state index contributed by atoms with van der Waals surface area (Å²) in [4.78, 5) is 22.2. The van der Waals surface area contributed by atoms with Gasteiger partial charge < -0.3 is 5.32 Å². The van der Waals surface area contributed by atoms with E-state index in [0.29, 0.717) is 5.82 Å². The maximum absolute atomic E-state index is 12.6. The van der Waals surface area contributed by atoms with Gasteiger partial charge in [0.15, 0.2) is 0 Å². The van der Waals surface area contributed by atoms with Crippen LogP contribution in [0.3, 0.4) is 0 Å². The fourth-order valence-corrected chi connectivity index (χ4v) is 3.66. The van der Waals surface area contributed by atoms with Crippen molar-refractivity contribution < 1.29 is 4.79 Å². The summed E-state index contributed by atoms with van der Waals surface area (Å²) < 4.78 is 0.328. The molecule has 0 aliphatic carbocycles. The largest absolute Gasteiger partial charge is 0.309 e. The number of rotatable bonds is 4. The Morgan fingerprint density at radius 1 is 1.12 bits per heavy atom. The van der Waals surface area contributed by atoms with Crippen LogP contribution in [-0.4, -0.2) is 20.6 Å². The molecule has 24 heavy (non-hydrogen) atoms. The molecule has 2 aromatic heterocycles. The summed E-state index contributed by atoms with van der Waals surface area (Å²) in [6.07, 6.45) is 3.43. The second-order valence-corrected chi connectivity index (χ2v) is 8.33. The second-order valence-electron chi connectivity index (χ2n) is 5.75. The monoisotopic (exact) mass is 401 g/mol. The SMILES string of the molecule is CC(C)(Sc1ccnc2ccc(Br)cc12)C(=O)Nc1ccccn1. The van der Waals surface area contributed by atoms with E-state index in [1.807, 2.05) is 50.2 Å². The third kappa shape index (κ3) is 3.76. The normalized spacial score (nSPS) is 11.5. The van der Waals surface area contributed by atoms with Crippen molar-refractivity contribution in [3.63, 3.8) is 0 Å². The Labute approximate surface area is 153 Å². The molecule has 4 nitrogen and oxygen atoms in total. The molecule has 0 fully saturated rings. The van der Waals surface area contributed by atoms with Crippen LogP contribution in [0.15, 0.2) is 64.2 Å². The minimum Gasteiger partial charge on any atom is -0.309 e. The standard InChI is InChI=1S/C18H16BrN3OS/c1-18(2,17(23)22-16-5-3-4-9-21-16)24-15-8-10-20-14-7-6-12(19)11-13(14)15/h3-11H,1-2H3,(H,21,22,23). The molecule has 0 spiro atoms. The van der Waals surface area contributed by atoms with Gasteiger partial charge >= 0.3 is 0 Å². The lowest BCUT2D eigenvalue weighted by Crippen LogP contribution is -2.34. The first-order chi connectivity index (χ1) is 11.5. The number of aromatic nitrogens is 2. The van der Waals surface area contributed by atoms with Gasteiger partial charge in [-0.15, -0.1) is 11.8 Å². The van der Waals surface area contributed by atoms with Gasteiger partial charge in [0, 0.05) is 27.1 Å². The molecule has 0 unspecified atom stereocenters. The summed E-state index contributed by atoms with van der Waals surface area (Å²) in [6, 6.07) is 13.3. The molecule has 1 amide bonds. The van der Waals surface area contributed by atoms with Crippen molar-refractivity contribution in [2.45, 2.75) is 23.5 Å². The van der Waals surface area contributed by atoms with E-state index in [-0.39, 0.29) is 5.91 Å². The van der Waals surface area contributed by atoms with Crippen molar-refractivity contribution in [1.82, 2.24) is 9.97 Å². The molecule has 0 aliphatic rings. The molecule has 2 heterocycles. The zero-order chi connectivity index (χ0) is 17.2. The first-order valence-electron chi connectivity index (χ1n) is 7.41. The van der Waals surface area contributed by atoms with E-state index >= 15 is 0 Å². The van der Waals surface area contributed by atoms with Gasteiger partial charge in [0.1, 0.15) is 5.82 Å². The molecule has 1 N–H and O–H groups in total. The minimum absolute atomic E-state index is 0.0915. The molecule has 0 saturated heterocycles. The first kappa shape index (κ1) is 16.9. The minimum atomic E-state index is -0.659. The number of halogens is 1. The fourth-order valence-electron chi connectivity index (χ4n) is 2.21. The predicted molar refractivity (Wildman–Crippen MR) is 102 cm³/mol. The first-order valence-corrected chi connectivity index (χ1v) is 9.02. The molecule has 1 aromatic carbocycles. The number of nitrogens with zero attached hydrogens (tertiary/aromatic N) is 2. The molecular weight excluding hydrogens is 386 g/mol. The van der Waals surface area contributed by atoms with E-state index in [1.165, 1.54) is 11.8 Å². The van der Waals surface area contributed by atoms with Crippen LogP contribution < -0.4 is 5.32 Å². The van der Waals surface area contributed by atoms with Crippen molar-refractivity contribution in [3.8, 4) is 0 Å². The molecule has 6 heteroatoms. The van der Waals surface area contributed by atoms with E-state index in [9.17, 15) is 4.79 Å². The summed E-state index contributed by atoms with van der Waals surface area (Å²) in [5, 5.41) is 3.89. The molecular formula is C18H16BrN3OS. The van der Waals surface area contributed by atoms with Crippen LogP contribution in [0, 0.1) is 0 Å². The van der Waals surface area contributed by atoms with Crippen molar-refractivity contribution in [1.29, 1.82) is 0 Å². The van der Waals surface area contributed by atoms with E-state index in [1.54, 1.807) is 18.5 Å². The highest BCUT2D eigenvalue weighted by Crippen LogP contribution is 2.37. The van der Waals surface area contributed by atoms with E-state index < -0.39 is 4.75 Å². The Morgan fingerprint density at radius 2 is 1.96 bits per heavy atom. The molecule has 0 saturated carbocycles. The number of hydrogen-bond donors (Lipinski definition) is 1. The van der Waals surface area contributed by atoms with Gasteiger partial charge in [-0.3, -0.25) is 9.78 Å². The summed E-state index contributed by atoms with van der Waals surface area (Å²) >= 11 is 5.01. The zero-order valence-electron chi connectivity index (χ0n) is 13.3. The zero-order valence-corrected chi connectivity index (χ0v) is 15.7. The average Bonchev–Trinajstić information content (AvgIpc) is 2.56. The number of carbonyl (C=O) groups excluding carboxylic acids is 1. The molecule has 0 radical (unpaired) electrons. The summed E-state index contributed by atoms with van der Waals surface area (Å²) in [5.41, 5.74) is 0.907. The summed E-state index contributed by atoms with van der Waals surface area (Å²) in [5.74, 6) is 0.463. The third-order valence-corrected chi connectivity index (χ3v) is 5.25. The van der Waals surface area contributed by atoms with Crippen LogP contribution in [0.25, 0.3) is 10.9 Å². The maximum atomic E-state index is 12.6. The Kier molecular flexibility index (Phi) is 4.87. The molecule has 0 atom stereocenters. The maximum Gasteiger partial charge on any atom is 0.241 e. The Balaban J connectivity index is 1.86. The lowest BCUT2D eigenvalue weighted by molar-refractivity contribution is -0.117. The highest BCUT2D eigenvalue weighted by Gasteiger charge is 2.30.